The topological polar surface area (TPSA) is 42.7 Å². The molecule has 1 fully saturated rings. The molecule has 1 saturated heterocycles. The Bertz CT molecular complexity index is 609. The van der Waals surface area contributed by atoms with Crippen molar-refractivity contribution in [1.82, 2.24) is 5.32 Å². The molecule has 1 aromatic rings. The van der Waals surface area contributed by atoms with Gasteiger partial charge < -0.3 is 10.1 Å². The van der Waals surface area contributed by atoms with Gasteiger partial charge in [0, 0.05) is 35.0 Å². The van der Waals surface area contributed by atoms with E-state index in [4.69, 9.17) is 34.5 Å². The second kappa shape index (κ2) is 6.55. The van der Waals surface area contributed by atoms with E-state index in [0.717, 1.165) is 5.56 Å². The summed E-state index contributed by atoms with van der Waals surface area (Å²) in [7, 11) is 0. The maximum absolute atomic E-state index is 11.5. The molecule has 112 valence electrons. The highest BCUT2D eigenvalue weighted by molar-refractivity contribution is 6.34. The molecule has 2 atom stereocenters. The first-order valence-electron chi connectivity index (χ1n) is 6.76. The Labute approximate surface area is 134 Å². The number of ether oxygens (including phenoxy) is 1. The Morgan fingerprint density at radius 3 is 2.81 bits per heavy atom. The van der Waals surface area contributed by atoms with Crippen molar-refractivity contribution in [3.05, 3.63) is 33.6 Å². The van der Waals surface area contributed by atoms with Gasteiger partial charge in [-0.3, -0.25) is 4.79 Å². The zero-order valence-electron chi connectivity index (χ0n) is 11.9. The van der Waals surface area contributed by atoms with Gasteiger partial charge in [-0.15, -0.1) is 11.6 Å². The number of nitrogens with one attached hydrogen (secondary N) is 1. The van der Waals surface area contributed by atoms with Crippen molar-refractivity contribution < 1.29 is 9.53 Å². The van der Waals surface area contributed by atoms with Crippen LogP contribution in [0.15, 0.2) is 6.07 Å². The fourth-order valence-electron chi connectivity index (χ4n) is 2.56. The molecule has 2 rings (SSSR count). The van der Waals surface area contributed by atoms with Crippen molar-refractivity contribution in [3.8, 4) is 5.75 Å². The van der Waals surface area contributed by atoms with Crippen molar-refractivity contribution in [2.75, 3.05) is 13.2 Å². The molecule has 21 heavy (non-hydrogen) atoms. The van der Waals surface area contributed by atoms with Crippen molar-refractivity contribution in [1.29, 1.82) is 0 Å². The van der Waals surface area contributed by atoms with Crippen molar-refractivity contribution in [3.63, 3.8) is 0 Å². The molecule has 0 radical (unpaired) electrons. The van der Waals surface area contributed by atoms with Gasteiger partial charge in [-0.1, -0.05) is 11.6 Å². The van der Waals surface area contributed by atoms with Gasteiger partial charge in [-0.2, -0.15) is 0 Å². The number of carbonyl (C=O) groups is 1. The van der Waals surface area contributed by atoms with Gasteiger partial charge in [0.25, 0.3) is 0 Å². The van der Waals surface area contributed by atoms with Gasteiger partial charge in [0.05, 0.1) is 18.6 Å². The third-order valence-corrected chi connectivity index (χ3v) is 4.01. The predicted octanol–water partition coefficient (Wildman–Crippen LogP) is 4.19. The molecule has 2 unspecified atom stereocenters. The summed E-state index contributed by atoms with van der Waals surface area (Å²) in [5.41, 5.74) is 1.80. The highest BCUT2D eigenvalue weighted by Gasteiger charge is 2.31. The summed E-state index contributed by atoms with van der Waals surface area (Å²) in [5.74, 6) is 0.451. The summed E-state index contributed by atoms with van der Waals surface area (Å²) >= 11 is 12.5. The minimum Gasteiger partial charge on any atom is -0.495 e. The van der Waals surface area contributed by atoms with Gasteiger partial charge in [0.1, 0.15) is 5.75 Å². The van der Waals surface area contributed by atoms with Crippen LogP contribution in [0, 0.1) is 6.57 Å². The number of carbonyl (C=O) groups excluding carboxylic acids is 1. The van der Waals surface area contributed by atoms with E-state index in [0.29, 0.717) is 41.6 Å². The highest BCUT2D eigenvalue weighted by atomic mass is 35.5. The number of alkyl halides is 1. The molecule has 0 bridgehead atoms. The lowest BCUT2D eigenvalue weighted by molar-refractivity contribution is -0.119. The first-order chi connectivity index (χ1) is 9.99. The predicted molar refractivity (Wildman–Crippen MR) is 83.5 cm³/mol. The lowest BCUT2D eigenvalue weighted by Gasteiger charge is -2.22. The highest BCUT2D eigenvalue weighted by Crippen LogP contribution is 2.47. The second-order valence-electron chi connectivity index (χ2n) is 4.90. The van der Waals surface area contributed by atoms with Crippen LogP contribution >= 0.6 is 23.2 Å². The maximum atomic E-state index is 11.5. The van der Waals surface area contributed by atoms with Crippen LogP contribution in [0.5, 0.6) is 5.75 Å². The van der Waals surface area contributed by atoms with E-state index >= 15 is 0 Å². The number of halogens is 2. The maximum Gasteiger partial charge on any atom is 0.220 e. The zero-order chi connectivity index (χ0) is 15.6. The van der Waals surface area contributed by atoms with Gasteiger partial charge in [0.2, 0.25) is 11.6 Å². The summed E-state index contributed by atoms with van der Waals surface area (Å²) in [6, 6.07) is 1.69. The average Bonchev–Trinajstić information content (AvgIpc) is 2.86. The Kier molecular flexibility index (Phi) is 4.97. The van der Waals surface area contributed by atoms with Crippen LogP contribution in [0.1, 0.15) is 42.7 Å². The minimum atomic E-state index is -0.298. The van der Waals surface area contributed by atoms with Crippen LogP contribution in [-0.2, 0) is 4.79 Å². The van der Waals surface area contributed by atoms with E-state index in [-0.39, 0.29) is 17.2 Å². The van der Waals surface area contributed by atoms with Crippen molar-refractivity contribution >= 4 is 34.8 Å². The van der Waals surface area contributed by atoms with Crippen LogP contribution in [0.25, 0.3) is 4.85 Å². The average molecular weight is 327 g/mol. The minimum absolute atomic E-state index is 0.0289. The molecule has 1 heterocycles. The summed E-state index contributed by atoms with van der Waals surface area (Å²) < 4.78 is 5.75. The summed E-state index contributed by atoms with van der Waals surface area (Å²) in [6.45, 7) is 12.0. The largest absolute Gasteiger partial charge is 0.495 e. The van der Waals surface area contributed by atoms with E-state index in [1.54, 1.807) is 6.07 Å². The number of benzene rings is 1. The van der Waals surface area contributed by atoms with Gasteiger partial charge in [0.15, 0.2) is 0 Å². The van der Waals surface area contributed by atoms with Gasteiger partial charge in [-0.05, 0) is 19.9 Å². The second-order valence-corrected chi connectivity index (χ2v) is 5.97. The molecule has 1 aliphatic heterocycles. The lowest BCUT2D eigenvalue weighted by atomic mass is 9.92. The van der Waals surface area contributed by atoms with E-state index < -0.39 is 0 Å². The van der Waals surface area contributed by atoms with Crippen LogP contribution in [-0.4, -0.2) is 19.1 Å². The molecule has 0 spiro atoms. The van der Waals surface area contributed by atoms with Crippen LogP contribution in [0.4, 0.5) is 5.69 Å². The van der Waals surface area contributed by atoms with Crippen LogP contribution < -0.4 is 10.1 Å². The molecule has 6 heteroatoms. The molecule has 4 nitrogen and oxygen atoms in total. The fraction of sp³-hybridized carbons (Fsp3) is 0.467. The Hall–Kier alpha value is -1.44. The Morgan fingerprint density at radius 2 is 2.33 bits per heavy atom. The van der Waals surface area contributed by atoms with E-state index in [1.165, 1.54) is 0 Å². The third-order valence-electron chi connectivity index (χ3n) is 3.49. The summed E-state index contributed by atoms with van der Waals surface area (Å²) in [4.78, 5) is 15.0. The van der Waals surface area contributed by atoms with Gasteiger partial charge >= 0.3 is 0 Å². The summed E-state index contributed by atoms with van der Waals surface area (Å²) in [6.07, 6.45) is 0.332. The standard InChI is InChI=1S/C15H16Cl2N2O2/c1-4-21-15-10(8(2)16)6-11(17)14(18-3)13(15)9-5-12(20)19-7-9/h6,8-9H,4-5,7H2,1-2H3,(H,19,20). The molecule has 0 aromatic heterocycles. The number of rotatable bonds is 4. The normalized spacial score (nSPS) is 19.0. The molecule has 1 amide bonds. The number of amides is 1. The van der Waals surface area contributed by atoms with E-state index in [9.17, 15) is 4.79 Å². The molecule has 0 saturated carbocycles. The first kappa shape index (κ1) is 15.9. The molecule has 0 aliphatic carbocycles. The lowest BCUT2D eigenvalue weighted by Crippen LogP contribution is -2.14. The van der Waals surface area contributed by atoms with Crippen molar-refractivity contribution in [2.45, 2.75) is 31.6 Å². The zero-order valence-corrected chi connectivity index (χ0v) is 13.4. The molecule has 1 N–H and O–H groups in total. The fourth-order valence-corrected chi connectivity index (χ4v) is 2.99. The van der Waals surface area contributed by atoms with Crippen LogP contribution in [0.3, 0.4) is 0 Å². The van der Waals surface area contributed by atoms with Gasteiger partial charge in [-0.25, -0.2) is 4.85 Å². The molecular weight excluding hydrogens is 311 g/mol. The molecular formula is C15H16Cl2N2O2. The first-order valence-corrected chi connectivity index (χ1v) is 7.58. The van der Waals surface area contributed by atoms with E-state index in [1.807, 2.05) is 13.8 Å². The monoisotopic (exact) mass is 326 g/mol. The Balaban J connectivity index is 2.67. The number of hydrogen-bond acceptors (Lipinski definition) is 2. The smallest absolute Gasteiger partial charge is 0.220 e. The molecule has 1 aliphatic rings. The van der Waals surface area contributed by atoms with E-state index in [2.05, 4.69) is 10.2 Å². The van der Waals surface area contributed by atoms with Crippen LogP contribution in [0.2, 0.25) is 5.02 Å². The van der Waals surface area contributed by atoms with Crippen molar-refractivity contribution in [2.24, 2.45) is 0 Å². The molecule has 1 aromatic carbocycles. The third kappa shape index (κ3) is 3.09. The number of hydrogen-bond donors (Lipinski definition) is 1. The number of nitrogens with zero attached hydrogens (tertiary/aromatic N) is 1. The Morgan fingerprint density at radius 1 is 1.62 bits per heavy atom. The quantitative estimate of drug-likeness (QED) is 0.665. The SMILES string of the molecule is [C-]#[N+]c1c(Cl)cc(C(C)Cl)c(OCC)c1C1CNC(=O)C1. The summed E-state index contributed by atoms with van der Waals surface area (Å²) in [5, 5.41) is 2.84.